The molecule has 0 bridgehead atoms. The first-order chi connectivity index (χ1) is 13.8. The number of hydrogen-bond donors (Lipinski definition) is 1. The van der Waals surface area contributed by atoms with Gasteiger partial charge in [0.25, 0.3) is 11.6 Å². The van der Waals surface area contributed by atoms with Gasteiger partial charge in [-0.2, -0.15) is 0 Å². The Morgan fingerprint density at radius 2 is 1.76 bits per heavy atom. The van der Waals surface area contributed by atoms with Gasteiger partial charge in [-0.1, -0.05) is 13.3 Å². The van der Waals surface area contributed by atoms with Crippen molar-refractivity contribution in [1.29, 1.82) is 0 Å². The van der Waals surface area contributed by atoms with E-state index in [2.05, 4.69) is 9.88 Å². The summed E-state index contributed by atoms with van der Waals surface area (Å²) in [5.74, 6) is -0.100. The second-order valence-electron chi connectivity index (χ2n) is 7.34. The Bertz CT molecular complexity index is 925. The number of benzene rings is 1. The van der Waals surface area contributed by atoms with Gasteiger partial charge in [-0.15, -0.1) is 0 Å². The smallest absolute Gasteiger partial charge is 0.270 e. The van der Waals surface area contributed by atoms with Gasteiger partial charge in [0, 0.05) is 55.3 Å². The Morgan fingerprint density at radius 1 is 1.14 bits per heavy atom. The molecule has 0 atom stereocenters. The number of rotatable bonds is 6. The maximum Gasteiger partial charge on any atom is 0.270 e. The molecule has 0 unspecified atom stereocenters. The Labute approximate surface area is 169 Å². The van der Waals surface area contributed by atoms with E-state index in [1.165, 1.54) is 19.1 Å². The average molecular weight is 398 g/mol. The molecule has 1 aliphatic rings. The third-order valence-corrected chi connectivity index (χ3v) is 5.35. The largest absolute Gasteiger partial charge is 0.368 e. The molecule has 0 aliphatic carbocycles. The van der Waals surface area contributed by atoms with E-state index in [4.69, 9.17) is 0 Å². The standard InChI is InChI=1S/C21H26N4O4/c1-4-5-18-19(15(3)26)14(2)22-20(18)21(27)24-12-10-23(11-13-24)16-6-8-17(9-7-16)25(28)29/h6-9,22H,4-5,10-13H2,1-3H3. The third kappa shape index (κ3) is 4.16. The number of piperazine rings is 1. The molecule has 0 radical (unpaired) electrons. The number of nitrogens with zero attached hydrogens (tertiary/aromatic N) is 3. The minimum Gasteiger partial charge on any atom is -0.368 e. The minimum absolute atomic E-state index is 0.0239. The lowest BCUT2D eigenvalue weighted by Crippen LogP contribution is -2.49. The summed E-state index contributed by atoms with van der Waals surface area (Å²) in [7, 11) is 0. The normalized spacial score (nSPS) is 14.2. The number of ketones is 1. The summed E-state index contributed by atoms with van der Waals surface area (Å²) < 4.78 is 0. The lowest BCUT2D eigenvalue weighted by Gasteiger charge is -2.36. The molecule has 29 heavy (non-hydrogen) atoms. The van der Waals surface area contributed by atoms with E-state index in [0.29, 0.717) is 43.9 Å². The summed E-state index contributed by atoms with van der Waals surface area (Å²) in [6.45, 7) is 7.79. The van der Waals surface area contributed by atoms with E-state index in [-0.39, 0.29) is 17.4 Å². The number of carbonyl (C=O) groups excluding carboxylic acids is 2. The number of amides is 1. The van der Waals surface area contributed by atoms with Crippen LogP contribution in [0.25, 0.3) is 0 Å². The van der Waals surface area contributed by atoms with Gasteiger partial charge < -0.3 is 14.8 Å². The van der Waals surface area contributed by atoms with Crippen molar-refractivity contribution in [2.24, 2.45) is 0 Å². The first kappa shape index (κ1) is 20.6. The highest BCUT2D eigenvalue weighted by atomic mass is 16.6. The van der Waals surface area contributed by atoms with Gasteiger partial charge in [0.15, 0.2) is 5.78 Å². The highest BCUT2D eigenvalue weighted by Crippen LogP contribution is 2.25. The molecular formula is C21H26N4O4. The van der Waals surface area contributed by atoms with Crippen molar-refractivity contribution in [3.8, 4) is 0 Å². The number of aryl methyl sites for hydroxylation is 1. The topological polar surface area (TPSA) is 99.5 Å². The lowest BCUT2D eigenvalue weighted by atomic mass is 10.0. The van der Waals surface area contributed by atoms with Gasteiger partial charge in [-0.25, -0.2) is 0 Å². The van der Waals surface area contributed by atoms with E-state index in [1.54, 1.807) is 17.0 Å². The summed E-state index contributed by atoms with van der Waals surface area (Å²) in [5.41, 5.74) is 3.70. The number of aromatic nitrogens is 1. The summed E-state index contributed by atoms with van der Waals surface area (Å²) in [6, 6.07) is 6.47. The molecule has 8 heteroatoms. The molecule has 1 aromatic heterocycles. The molecule has 0 spiro atoms. The molecule has 1 aromatic carbocycles. The van der Waals surface area contributed by atoms with Gasteiger partial charge in [0.05, 0.1) is 4.92 Å². The van der Waals surface area contributed by atoms with Gasteiger partial charge in [-0.05, 0) is 38.0 Å². The van der Waals surface area contributed by atoms with Crippen molar-refractivity contribution < 1.29 is 14.5 Å². The molecular weight excluding hydrogens is 372 g/mol. The number of nitro benzene ring substituents is 1. The molecule has 1 saturated heterocycles. The monoisotopic (exact) mass is 398 g/mol. The van der Waals surface area contributed by atoms with Crippen LogP contribution < -0.4 is 4.90 Å². The zero-order chi connectivity index (χ0) is 21.1. The Balaban J connectivity index is 1.72. The van der Waals surface area contributed by atoms with Crippen LogP contribution in [0.2, 0.25) is 0 Å². The van der Waals surface area contributed by atoms with Crippen molar-refractivity contribution in [3.63, 3.8) is 0 Å². The second kappa shape index (κ2) is 8.46. The fourth-order valence-corrected chi connectivity index (χ4v) is 3.95. The molecule has 1 aliphatic heterocycles. The number of hydrogen-bond acceptors (Lipinski definition) is 5. The number of carbonyl (C=O) groups is 2. The van der Waals surface area contributed by atoms with Crippen molar-refractivity contribution in [3.05, 3.63) is 56.9 Å². The summed E-state index contributed by atoms with van der Waals surface area (Å²) in [4.78, 5) is 42.6. The van der Waals surface area contributed by atoms with Crippen molar-refractivity contribution in [2.45, 2.75) is 33.6 Å². The predicted molar refractivity (Wildman–Crippen MR) is 111 cm³/mol. The van der Waals surface area contributed by atoms with E-state index in [9.17, 15) is 19.7 Å². The SMILES string of the molecule is CCCc1c(C(=O)N2CCN(c3ccc([N+](=O)[O-])cc3)CC2)[nH]c(C)c1C(C)=O. The molecule has 1 N–H and O–H groups in total. The number of Topliss-reactive ketones (excluding diaryl/α,β-unsaturated/α-hetero) is 1. The van der Waals surface area contributed by atoms with Crippen LogP contribution in [-0.2, 0) is 6.42 Å². The highest BCUT2D eigenvalue weighted by Gasteiger charge is 2.28. The fraction of sp³-hybridized carbons (Fsp3) is 0.429. The number of H-pyrrole nitrogens is 1. The van der Waals surface area contributed by atoms with Crippen molar-refractivity contribution in [1.82, 2.24) is 9.88 Å². The van der Waals surface area contributed by atoms with E-state index in [0.717, 1.165) is 23.4 Å². The molecule has 2 heterocycles. The number of nitro groups is 1. The van der Waals surface area contributed by atoms with Crippen molar-refractivity contribution >= 4 is 23.1 Å². The molecule has 1 fully saturated rings. The molecule has 3 rings (SSSR count). The first-order valence-corrected chi connectivity index (χ1v) is 9.84. The summed E-state index contributed by atoms with van der Waals surface area (Å²) in [5, 5.41) is 10.8. The number of aromatic amines is 1. The second-order valence-corrected chi connectivity index (χ2v) is 7.34. The van der Waals surface area contributed by atoms with Crippen LogP contribution in [0.5, 0.6) is 0 Å². The van der Waals surface area contributed by atoms with E-state index >= 15 is 0 Å². The molecule has 154 valence electrons. The van der Waals surface area contributed by atoms with Crippen LogP contribution in [0.1, 0.15) is 52.4 Å². The van der Waals surface area contributed by atoms with Gasteiger partial charge in [0.2, 0.25) is 0 Å². The number of nitrogens with one attached hydrogen (secondary N) is 1. The van der Waals surface area contributed by atoms with Crippen LogP contribution in [-0.4, -0.2) is 52.7 Å². The quantitative estimate of drug-likeness (QED) is 0.457. The van der Waals surface area contributed by atoms with E-state index < -0.39 is 4.92 Å². The third-order valence-electron chi connectivity index (χ3n) is 5.35. The minimum atomic E-state index is -0.415. The van der Waals surface area contributed by atoms with Crippen LogP contribution in [0, 0.1) is 17.0 Å². The number of non-ortho nitro benzene ring substituents is 1. The molecule has 2 aromatic rings. The maximum absolute atomic E-state index is 13.1. The van der Waals surface area contributed by atoms with Crippen LogP contribution in [0.15, 0.2) is 24.3 Å². The van der Waals surface area contributed by atoms with Crippen LogP contribution >= 0.6 is 0 Å². The Morgan fingerprint density at radius 3 is 2.28 bits per heavy atom. The Hall–Kier alpha value is -3.16. The summed E-state index contributed by atoms with van der Waals surface area (Å²) in [6.07, 6.45) is 1.54. The maximum atomic E-state index is 13.1. The fourth-order valence-electron chi connectivity index (χ4n) is 3.95. The van der Waals surface area contributed by atoms with E-state index in [1.807, 2.05) is 13.8 Å². The van der Waals surface area contributed by atoms with Crippen LogP contribution in [0.3, 0.4) is 0 Å². The lowest BCUT2D eigenvalue weighted by molar-refractivity contribution is -0.384. The van der Waals surface area contributed by atoms with Crippen LogP contribution in [0.4, 0.5) is 11.4 Å². The Kier molecular flexibility index (Phi) is 6.00. The van der Waals surface area contributed by atoms with Gasteiger partial charge >= 0.3 is 0 Å². The molecule has 1 amide bonds. The first-order valence-electron chi connectivity index (χ1n) is 9.84. The predicted octanol–water partition coefficient (Wildman–Crippen LogP) is 3.35. The number of anilines is 1. The van der Waals surface area contributed by atoms with Gasteiger partial charge in [-0.3, -0.25) is 19.7 Å². The average Bonchev–Trinajstić information content (AvgIpc) is 3.04. The van der Waals surface area contributed by atoms with Crippen molar-refractivity contribution in [2.75, 3.05) is 31.1 Å². The highest BCUT2D eigenvalue weighted by molar-refractivity contribution is 6.02. The zero-order valence-corrected chi connectivity index (χ0v) is 17.0. The zero-order valence-electron chi connectivity index (χ0n) is 17.0. The molecule has 8 nitrogen and oxygen atoms in total. The summed E-state index contributed by atoms with van der Waals surface area (Å²) >= 11 is 0. The van der Waals surface area contributed by atoms with Gasteiger partial charge in [0.1, 0.15) is 5.69 Å². The molecule has 0 saturated carbocycles.